The summed E-state index contributed by atoms with van der Waals surface area (Å²) in [5, 5.41) is 0. The quantitative estimate of drug-likeness (QED) is 0.717. The topological polar surface area (TPSA) is 35.5 Å². The Morgan fingerprint density at radius 1 is 1.21 bits per heavy atom. The number of benzene rings is 1. The number of carbonyl (C=O) groups is 1. The molecule has 3 nitrogen and oxygen atoms in total. The molecule has 1 aromatic rings. The smallest absolute Gasteiger partial charge is 0.175 e. The Morgan fingerprint density at radius 2 is 2.00 bits per heavy atom. The molecule has 100 valence electrons. The molecule has 0 amide bonds. The van der Waals surface area contributed by atoms with E-state index in [2.05, 4.69) is 12.1 Å². The van der Waals surface area contributed by atoms with Crippen molar-refractivity contribution in [3.63, 3.8) is 0 Å². The zero-order valence-corrected chi connectivity index (χ0v) is 11.3. The highest BCUT2D eigenvalue weighted by Crippen LogP contribution is 2.52. The summed E-state index contributed by atoms with van der Waals surface area (Å²) in [5.74, 6) is -0.423. The normalized spacial score (nSPS) is 38.7. The van der Waals surface area contributed by atoms with E-state index in [9.17, 15) is 4.79 Å². The van der Waals surface area contributed by atoms with Crippen molar-refractivity contribution in [2.24, 2.45) is 0 Å². The lowest BCUT2D eigenvalue weighted by Crippen LogP contribution is -2.57. The van der Waals surface area contributed by atoms with Crippen LogP contribution in [0.1, 0.15) is 43.7 Å². The van der Waals surface area contributed by atoms with Crippen LogP contribution in [-0.4, -0.2) is 23.3 Å². The molecule has 1 spiro atoms. The lowest BCUT2D eigenvalue weighted by Gasteiger charge is -2.43. The van der Waals surface area contributed by atoms with Gasteiger partial charge < -0.3 is 9.47 Å². The maximum absolute atomic E-state index is 12.9. The monoisotopic (exact) mass is 258 g/mol. The first-order valence-electron chi connectivity index (χ1n) is 7.02. The minimum Gasteiger partial charge on any atom is -0.344 e. The highest BCUT2D eigenvalue weighted by molar-refractivity contribution is 5.97. The van der Waals surface area contributed by atoms with Gasteiger partial charge in [0.1, 0.15) is 0 Å². The fraction of sp³-hybridized carbons (Fsp3) is 0.562. The highest BCUT2D eigenvalue weighted by Gasteiger charge is 2.63. The third-order valence-electron chi connectivity index (χ3n) is 4.71. The molecule has 0 aromatic heterocycles. The van der Waals surface area contributed by atoms with E-state index in [1.165, 1.54) is 11.1 Å². The molecule has 1 aromatic carbocycles. The molecule has 1 saturated heterocycles. The van der Waals surface area contributed by atoms with Crippen LogP contribution in [0.2, 0.25) is 0 Å². The van der Waals surface area contributed by atoms with Crippen molar-refractivity contribution in [3.05, 3.63) is 35.4 Å². The third kappa shape index (κ3) is 1.43. The van der Waals surface area contributed by atoms with Crippen LogP contribution >= 0.6 is 0 Å². The molecule has 19 heavy (non-hydrogen) atoms. The molecule has 0 unspecified atom stereocenters. The van der Waals surface area contributed by atoms with Gasteiger partial charge in [-0.2, -0.15) is 0 Å². The molecule has 1 heterocycles. The number of carbonyl (C=O) groups excluding carboxylic acids is 1. The Hall–Kier alpha value is -1.19. The average molecular weight is 258 g/mol. The Labute approximate surface area is 112 Å². The summed E-state index contributed by atoms with van der Waals surface area (Å²) in [7, 11) is 0. The van der Waals surface area contributed by atoms with Crippen molar-refractivity contribution in [2.45, 2.75) is 56.5 Å². The van der Waals surface area contributed by atoms with Crippen LogP contribution in [-0.2, 0) is 20.7 Å². The van der Waals surface area contributed by atoms with Gasteiger partial charge in [0.05, 0.1) is 6.10 Å². The first-order valence-corrected chi connectivity index (χ1v) is 7.02. The van der Waals surface area contributed by atoms with Gasteiger partial charge in [0, 0.05) is 12.3 Å². The summed E-state index contributed by atoms with van der Waals surface area (Å²) in [5.41, 5.74) is 1.71. The van der Waals surface area contributed by atoms with E-state index >= 15 is 0 Å². The molecule has 3 heteroatoms. The van der Waals surface area contributed by atoms with Crippen LogP contribution < -0.4 is 0 Å². The summed E-state index contributed by atoms with van der Waals surface area (Å²) in [4.78, 5) is 12.9. The van der Waals surface area contributed by atoms with Crippen LogP contribution in [0, 0.1) is 0 Å². The maximum Gasteiger partial charge on any atom is 0.175 e. The van der Waals surface area contributed by atoms with E-state index in [-0.39, 0.29) is 17.8 Å². The second-order valence-corrected chi connectivity index (χ2v) is 6.37. The van der Waals surface area contributed by atoms with Gasteiger partial charge in [0.15, 0.2) is 17.2 Å². The largest absolute Gasteiger partial charge is 0.344 e. The SMILES string of the molecule is CC1(C)O[C@@H]2CC[C@@H]3C(=O)[C@]2(Cc2ccccc23)O1. The number of hydrogen-bond acceptors (Lipinski definition) is 3. The zero-order valence-electron chi connectivity index (χ0n) is 11.3. The van der Waals surface area contributed by atoms with E-state index in [1.54, 1.807) is 0 Å². The van der Waals surface area contributed by atoms with Crippen LogP contribution in [0.3, 0.4) is 0 Å². The van der Waals surface area contributed by atoms with E-state index in [4.69, 9.17) is 9.47 Å². The minimum absolute atomic E-state index is 0.00120. The van der Waals surface area contributed by atoms with Crippen molar-refractivity contribution in [1.29, 1.82) is 0 Å². The molecule has 4 rings (SSSR count). The highest BCUT2D eigenvalue weighted by atomic mass is 16.8. The molecule has 1 saturated carbocycles. The third-order valence-corrected chi connectivity index (χ3v) is 4.71. The Bertz CT molecular complexity index is 563. The van der Waals surface area contributed by atoms with Crippen LogP contribution in [0.4, 0.5) is 0 Å². The zero-order chi connectivity index (χ0) is 13.3. The molecular weight excluding hydrogens is 240 g/mol. The van der Waals surface area contributed by atoms with Gasteiger partial charge in [0.2, 0.25) is 0 Å². The van der Waals surface area contributed by atoms with E-state index in [0.717, 1.165) is 12.8 Å². The molecule has 2 aliphatic carbocycles. The van der Waals surface area contributed by atoms with Gasteiger partial charge in [0.25, 0.3) is 0 Å². The molecule has 0 radical (unpaired) electrons. The lowest BCUT2D eigenvalue weighted by atomic mass is 9.64. The van der Waals surface area contributed by atoms with Crippen LogP contribution in [0.15, 0.2) is 24.3 Å². The predicted octanol–water partition coefficient (Wildman–Crippen LogP) is 2.58. The number of Topliss-reactive ketones (excluding diaryl/α,β-unsaturated/α-hetero) is 1. The summed E-state index contributed by atoms with van der Waals surface area (Å²) >= 11 is 0. The molecule has 2 fully saturated rings. The van der Waals surface area contributed by atoms with Gasteiger partial charge in [-0.05, 0) is 37.8 Å². The molecule has 3 aliphatic rings. The van der Waals surface area contributed by atoms with E-state index in [1.807, 2.05) is 26.0 Å². The lowest BCUT2D eigenvalue weighted by molar-refractivity contribution is -0.173. The number of ketones is 1. The van der Waals surface area contributed by atoms with Gasteiger partial charge in [-0.15, -0.1) is 0 Å². The first kappa shape index (κ1) is 11.6. The number of hydrogen-bond donors (Lipinski definition) is 0. The fourth-order valence-corrected chi connectivity index (χ4v) is 4.06. The minimum atomic E-state index is -0.735. The second kappa shape index (κ2) is 3.47. The number of fused-ring (bicyclic) bond motifs is 3. The summed E-state index contributed by atoms with van der Waals surface area (Å²) < 4.78 is 12.1. The molecule has 1 aliphatic heterocycles. The van der Waals surface area contributed by atoms with Crippen molar-refractivity contribution < 1.29 is 14.3 Å². The Balaban J connectivity index is 1.87. The second-order valence-electron chi connectivity index (χ2n) is 6.37. The Morgan fingerprint density at radius 3 is 2.84 bits per heavy atom. The van der Waals surface area contributed by atoms with Gasteiger partial charge in [-0.25, -0.2) is 0 Å². The molecule has 0 N–H and O–H groups in total. The van der Waals surface area contributed by atoms with Gasteiger partial charge >= 0.3 is 0 Å². The average Bonchev–Trinajstić information content (AvgIpc) is 2.61. The standard InChI is InChI=1S/C16H18O3/c1-15(2)18-13-8-7-12-11-6-4-3-5-10(11)9-16(13,19-15)14(12)17/h3-6,12-13H,7-9H2,1-2H3/t12-,13+,16+/m0/s1. The van der Waals surface area contributed by atoms with E-state index in [0.29, 0.717) is 6.42 Å². The van der Waals surface area contributed by atoms with E-state index < -0.39 is 11.4 Å². The van der Waals surface area contributed by atoms with Crippen molar-refractivity contribution >= 4 is 5.78 Å². The summed E-state index contributed by atoms with van der Waals surface area (Å²) in [6.07, 6.45) is 2.36. The van der Waals surface area contributed by atoms with Crippen molar-refractivity contribution in [2.75, 3.05) is 0 Å². The molecule has 3 atom stereocenters. The van der Waals surface area contributed by atoms with Gasteiger partial charge in [-0.3, -0.25) is 4.79 Å². The molecular formula is C16H18O3. The Kier molecular flexibility index (Phi) is 2.12. The number of ether oxygens (including phenoxy) is 2. The fourth-order valence-electron chi connectivity index (χ4n) is 4.06. The number of rotatable bonds is 0. The van der Waals surface area contributed by atoms with Crippen molar-refractivity contribution in [3.8, 4) is 0 Å². The van der Waals surface area contributed by atoms with Crippen molar-refractivity contribution in [1.82, 2.24) is 0 Å². The summed E-state index contributed by atoms with van der Waals surface area (Å²) in [6, 6.07) is 8.27. The van der Waals surface area contributed by atoms with Crippen LogP contribution in [0.5, 0.6) is 0 Å². The summed E-state index contributed by atoms with van der Waals surface area (Å²) in [6.45, 7) is 3.81. The van der Waals surface area contributed by atoms with Gasteiger partial charge in [-0.1, -0.05) is 24.3 Å². The molecule has 2 bridgehead atoms. The maximum atomic E-state index is 12.9. The first-order chi connectivity index (χ1) is 9.02. The van der Waals surface area contributed by atoms with Crippen LogP contribution in [0.25, 0.3) is 0 Å². The predicted molar refractivity (Wildman–Crippen MR) is 69.9 cm³/mol.